The lowest BCUT2D eigenvalue weighted by Gasteiger charge is -2.32. The molecule has 0 saturated carbocycles. The van der Waals surface area contributed by atoms with Crippen LogP contribution in [-0.2, 0) is 6.42 Å². The van der Waals surface area contributed by atoms with Gasteiger partial charge in [0.05, 0.1) is 17.8 Å². The molecular formula is C20H18N6O2. The summed E-state index contributed by atoms with van der Waals surface area (Å²) in [5.41, 5.74) is 1.71. The van der Waals surface area contributed by atoms with Gasteiger partial charge in [-0.05, 0) is 43.0 Å². The Labute approximate surface area is 161 Å². The predicted molar refractivity (Wildman–Crippen MR) is 98.8 cm³/mol. The monoisotopic (exact) mass is 374 g/mol. The summed E-state index contributed by atoms with van der Waals surface area (Å²) in [6.07, 6.45) is 7.31. The van der Waals surface area contributed by atoms with E-state index in [-0.39, 0.29) is 11.8 Å². The number of rotatable bonds is 4. The van der Waals surface area contributed by atoms with Crippen LogP contribution in [0.1, 0.15) is 34.7 Å². The number of likely N-dealkylation sites (tertiary alicyclic amines) is 1. The van der Waals surface area contributed by atoms with Crippen LogP contribution < -0.4 is 0 Å². The molecule has 3 aromatic rings. The van der Waals surface area contributed by atoms with Crippen molar-refractivity contribution in [2.24, 2.45) is 5.92 Å². The average molecular weight is 374 g/mol. The van der Waals surface area contributed by atoms with Crippen LogP contribution >= 0.6 is 0 Å². The van der Waals surface area contributed by atoms with Gasteiger partial charge < -0.3 is 9.42 Å². The number of nitrogens with zero attached hydrogens (tertiary/aromatic N) is 6. The normalized spacial score (nSPS) is 16.5. The lowest BCUT2D eigenvalue weighted by Crippen LogP contribution is -2.40. The van der Waals surface area contributed by atoms with E-state index < -0.39 is 0 Å². The molecule has 1 aliphatic heterocycles. The van der Waals surface area contributed by atoms with Crippen molar-refractivity contribution < 1.29 is 9.32 Å². The molecule has 4 rings (SSSR count). The van der Waals surface area contributed by atoms with Crippen molar-refractivity contribution in [1.82, 2.24) is 25.0 Å². The Morgan fingerprint density at radius 2 is 2.14 bits per heavy atom. The molecule has 0 radical (unpaired) electrons. The van der Waals surface area contributed by atoms with E-state index >= 15 is 0 Å². The predicted octanol–water partition coefficient (Wildman–Crippen LogP) is 2.49. The lowest BCUT2D eigenvalue weighted by atomic mass is 9.94. The molecule has 1 atom stereocenters. The highest BCUT2D eigenvalue weighted by molar-refractivity contribution is 5.94. The van der Waals surface area contributed by atoms with Crippen LogP contribution in [-0.4, -0.2) is 44.0 Å². The van der Waals surface area contributed by atoms with Gasteiger partial charge in [-0.1, -0.05) is 5.16 Å². The van der Waals surface area contributed by atoms with E-state index in [1.807, 2.05) is 4.90 Å². The minimum absolute atomic E-state index is 0.0139. The number of hydrogen-bond donors (Lipinski definition) is 0. The number of carbonyl (C=O) groups excluding carboxylic acids is 1. The summed E-state index contributed by atoms with van der Waals surface area (Å²) in [7, 11) is 0. The molecule has 1 unspecified atom stereocenters. The second-order valence-electron chi connectivity index (χ2n) is 6.76. The van der Waals surface area contributed by atoms with Crippen LogP contribution in [0.2, 0.25) is 0 Å². The molecule has 28 heavy (non-hydrogen) atoms. The van der Waals surface area contributed by atoms with Gasteiger partial charge in [-0.25, -0.2) is 4.98 Å². The summed E-state index contributed by atoms with van der Waals surface area (Å²) in [5, 5.41) is 12.9. The van der Waals surface area contributed by atoms with E-state index in [2.05, 4.69) is 26.2 Å². The first kappa shape index (κ1) is 17.8. The first-order chi connectivity index (χ1) is 13.7. The highest BCUT2D eigenvalue weighted by Gasteiger charge is 2.26. The molecule has 1 aliphatic rings. The SMILES string of the molecule is N#Cc1ccc(C(=O)N2CCCC(Cc3nc(-c4cnccn4)no3)C2)cc1. The fraction of sp³-hybridized carbons (Fsp3) is 0.300. The van der Waals surface area contributed by atoms with Crippen molar-refractivity contribution in [2.45, 2.75) is 19.3 Å². The molecule has 0 bridgehead atoms. The van der Waals surface area contributed by atoms with E-state index in [4.69, 9.17) is 9.78 Å². The highest BCUT2D eigenvalue weighted by atomic mass is 16.5. The highest BCUT2D eigenvalue weighted by Crippen LogP contribution is 2.23. The summed E-state index contributed by atoms with van der Waals surface area (Å²) >= 11 is 0. The van der Waals surface area contributed by atoms with Crippen LogP contribution in [0.25, 0.3) is 11.5 Å². The van der Waals surface area contributed by atoms with Gasteiger partial charge in [-0.2, -0.15) is 10.2 Å². The molecule has 1 saturated heterocycles. The number of hydrogen-bond acceptors (Lipinski definition) is 7. The maximum atomic E-state index is 12.8. The van der Waals surface area contributed by atoms with Gasteiger partial charge in [-0.15, -0.1) is 0 Å². The molecule has 1 amide bonds. The third kappa shape index (κ3) is 3.88. The first-order valence-corrected chi connectivity index (χ1v) is 9.11. The van der Waals surface area contributed by atoms with Crippen LogP contribution in [0, 0.1) is 17.2 Å². The van der Waals surface area contributed by atoms with E-state index in [1.165, 1.54) is 0 Å². The number of benzene rings is 1. The molecule has 1 aromatic carbocycles. The zero-order valence-corrected chi connectivity index (χ0v) is 15.2. The maximum absolute atomic E-state index is 12.8. The van der Waals surface area contributed by atoms with E-state index in [0.717, 1.165) is 19.4 Å². The first-order valence-electron chi connectivity index (χ1n) is 9.11. The van der Waals surface area contributed by atoms with Crippen LogP contribution in [0.4, 0.5) is 0 Å². The van der Waals surface area contributed by atoms with Gasteiger partial charge in [0.25, 0.3) is 5.91 Å². The molecule has 3 heterocycles. The Kier molecular flexibility index (Phi) is 5.06. The lowest BCUT2D eigenvalue weighted by molar-refractivity contribution is 0.0668. The summed E-state index contributed by atoms with van der Waals surface area (Å²) in [6, 6.07) is 8.81. The minimum Gasteiger partial charge on any atom is -0.339 e. The molecule has 0 spiro atoms. The fourth-order valence-electron chi connectivity index (χ4n) is 3.39. The summed E-state index contributed by atoms with van der Waals surface area (Å²) in [6.45, 7) is 1.37. The van der Waals surface area contributed by atoms with Gasteiger partial charge >= 0.3 is 0 Å². The van der Waals surface area contributed by atoms with E-state index in [9.17, 15) is 4.79 Å². The summed E-state index contributed by atoms with van der Waals surface area (Å²) < 4.78 is 5.36. The Balaban J connectivity index is 1.40. The molecule has 0 aliphatic carbocycles. The summed E-state index contributed by atoms with van der Waals surface area (Å²) in [5.74, 6) is 1.20. The summed E-state index contributed by atoms with van der Waals surface area (Å²) in [4.78, 5) is 27.2. The number of piperidine rings is 1. The number of amides is 1. The van der Waals surface area contributed by atoms with Gasteiger partial charge in [0.2, 0.25) is 11.7 Å². The average Bonchev–Trinajstić information content (AvgIpc) is 3.22. The third-order valence-electron chi connectivity index (χ3n) is 4.79. The van der Waals surface area contributed by atoms with Crippen LogP contribution in [0.5, 0.6) is 0 Å². The van der Waals surface area contributed by atoms with Crippen molar-refractivity contribution in [3.8, 4) is 17.6 Å². The van der Waals surface area contributed by atoms with Crippen molar-refractivity contribution in [2.75, 3.05) is 13.1 Å². The molecular weight excluding hydrogens is 356 g/mol. The molecule has 8 heteroatoms. The van der Waals surface area contributed by atoms with Gasteiger partial charge in [0, 0.05) is 37.5 Å². The zero-order chi connectivity index (χ0) is 19.3. The Hall–Kier alpha value is -3.60. The largest absolute Gasteiger partial charge is 0.339 e. The Bertz CT molecular complexity index is 994. The van der Waals surface area contributed by atoms with Crippen molar-refractivity contribution in [1.29, 1.82) is 5.26 Å². The molecule has 1 fully saturated rings. The van der Waals surface area contributed by atoms with E-state index in [0.29, 0.717) is 41.5 Å². The number of aromatic nitrogens is 4. The third-order valence-corrected chi connectivity index (χ3v) is 4.79. The van der Waals surface area contributed by atoms with Crippen molar-refractivity contribution in [3.05, 3.63) is 59.9 Å². The van der Waals surface area contributed by atoms with E-state index in [1.54, 1.807) is 42.9 Å². The Morgan fingerprint density at radius 1 is 1.29 bits per heavy atom. The second-order valence-corrected chi connectivity index (χ2v) is 6.76. The number of carbonyl (C=O) groups is 1. The molecule has 2 aromatic heterocycles. The smallest absolute Gasteiger partial charge is 0.253 e. The van der Waals surface area contributed by atoms with Gasteiger partial charge in [0.1, 0.15) is 5.69 Å². The molecule has 0 N–H and O–H groups in total. The van der Waals surface area contributed by atoms with Gasteiger partial charge in [0.15, 0.2) is 0 Å². The molecule has 8 nitrogen and oxygen atoms in total. The zero-order valence-electron chi connectivity index (χ0n) is 15.2. The van der Waals surface area contributed by atoms with Crippen molar-refractivity contribution >= 4 is 5.91 Å². The Morgan fingerprint density at radius 3 is 2.89 bits per heavy atom. The fourth-order valence-corrected chi connectivity index (χ4v) is 3.39. The maximum Gasteiger partial charge on any atom is 0.253 e. The minimum atomic E-state index is -0.0139. The second kappa shape index (κ2) is 7.96. The van der Waals surface area contributed by atoms with Gasteiger partial charge in [-0.3, -0.25) is 9.78 Å². The standard InChI is InChI=1S/C20H18N6O2/c21-11-14-3-5-16(6-4-14)20(27)26-9-1-2-15(13-26)10-18-24-19(25-28-18)17-12-22-7-8-23-17/h3-8,12,15H,1-2,9-10,13H2. The number of nitriles is 1. The van der Waals surface area contributed by atoms with Crippen LogP contribution in [0.15, 0.2) is 47.4 Å². The topological polar surface area (TPSA) is 109 Å². The molecule has 140 valence electrons. The van der Waals surface area contributed by atoms with Crippen LogP contribution in [0.3, 0.4) is 0 Å². The quantitative estimate of drug-likeness (QED) is 0.690. The van der Waals surface area contributed by atoms with Crippen molar-refractivity contribution in [3.63, 3.8) is 0 Å².